The fourth-order valence-corrected chi connectivity index (χ4v) is 1.95. The van der Waals surface area contributed by atoms with E-state index >= 15 is 0 Å². The number of rotatable bonds is 4. The summed E-state index contributed by atoms with van der Waals surface area (Å²) in [5.74, 6) is -0.635. The topological polar surface area (TPSA) is 82.4 Å². The SMILES string of the molecule is CCOC(=O)/C(C(C)=N)=C(/O)C1CCNCC1. The third-order valence-electron chi connectivity index (χ3n) is 2.84. The van der Waals surface area contributed by atoms with Crippen molar-refractivity contribution in [2.75, 3.05) is 19.7 Å². The Bertz CT molecular complexity index is 331. The van der Waals surface area contributed by atoms with Crippen molar-refractivity contribution in [2.45, 2.75) is 26.7 Å². The fraction of sp³-hybridized carbons (Fsp3) is 0.667. The highest BCUT2D eigenvalue weighted by Gasteiger charge is 2.25. The zero-order chi connectivity index (χ0) is 12.8. The third-order valence-corrected chi connectivity index (χ3v) is 2.84. The molecule has 0 aromatic heterocycles. The van der Waals surface area contributed by atoms with Gasteiger partial charge < -0.3 is 20.6 Å². The highest BCUT2D eigenvalue weighted by molar-refractivity contribution is 6.18. The lowest BCUT2D eigenvalue weighted by molar-refractivity contribution is -0.138. The van der Waals surface area contributed by atoms with Crippen LogP contribution in [0.25, 0.3) is 0 Å². The number of aliphatic hydroxyl groups excluding tert-OH is 1. The van der Waals surface area contributed by atoms with E-state index in [2.05, 4.69) is 5.32 Å². The summed E-state index contributed by atoms with van der Waals surface area (Å²) in [6.45, 7) is 5.08. The number of ether oxygens (including phenoxy) is 1. The van der Waals surface area contributed by atoms with E-state index in [4.69, 9.17) is 10.1 Å². The molecule has 96 valence electrons. The van der Waals surface area contributed by atoms with Crippen LogP contribution in [0.2, 0.25) is 0 Å². The van der Waals surface area contributed by atoms with Crippen molar-refractivity contribution < 1.29 is 14.6 Å². The number of carbonyl (C=O) groups is 1. The lowest BCUT2D eigenvalue weighted by Crippen LogP contribution is -2.30. The van der Waals surface area contributed by atoms with Crippen LogP contribution >= 0.6 is 0 Å². The van der Waals surface area contributed by atoms with Crippen molar-refractivity contribution in [1.29, 1.82) is 5.41 Å². The largest absolute Gasteiger partial charge is 0.511 e. The molecule has 0 spiro atoms. The molecule has 5 heteroatoms. The predicted octanol–water partition coefficient (Wildman–Crippen LogP) is 1.40. The van der Waals surface area contributed by atoms with Gasteiger partial charge in [0.1, 0.15) is 11.3 Å². The monoisotopic (exact) mass is 240 g/mol. The molecule has 0 amide bonds. The van der Waals surface area contributed by atoms with Crippen LogP contribution in [0.3, 0.4) is 0 Å². The molecule has 0 atom stereocenters. The maximum Gasteiger partial charge on any atom is 0.343 e. The number of hydrogen-bond donors (Lipinski definition) is 3. The predicted molar refractivity (Wildman–Crippen MR) is 65.3 cm³/mol. The van der Waals surface area contributed by atoms with Gasteiger partial charge in [-0.25, -0.2) is 4.79 Å². The minimum Gasteiger partial charge on any atom is -0.511 e. The summed E-state index contributed by atoms with van der Waals surface area (Å²) in [4.78, 5) is 11.7. The van der Waals surface area contributed by atoms with Crippen LogP contribution in [0.15, 0.2) is 11.3 Å². The highest BCUT2D eigenvalue weighted by Crippen LogP contribution is 2.23. The van der Waals surface area contributed by atoms with Crippen LogP contribution < -0.4 is 5.32 Å². The summed E-state index contributed by atoms with van der Waals surface area (Å²) < 4.78 is 4.86. The number of hydrogen-bond acceptors (Lipinski definition) is 5. The second kappa shape index (κ2) is 6.39. The zero-order valence-corrected chi connectivity index (χ0v) is 10.4. The number of esters is 1. The van der Waals surface area contributed by atoms with Crippen LogP contribution in [0.1, 0.15) is 26.7 Å². The maximum absolute atomic E-state index is 11.7. The van der Waals surface area contributed by atoms with E-state index in [0.29, 0.717) is 0 Å². The zero-order valence-electron chi connectivity index (χ0n) is 10.4. The number of nitrogens with one attached hydrogen (secondary N) is 2. The third kappa shape index (κ3) is 3.56. The van der Waals surface area contributed by atoms with Crippen molar-refractivity contribution in [3.05, 3.63) is 11.3 Å². The molecule has 1 heterocycles. The molecule has 0 radical (unpaired) electrons. The number of aliphatic hydroxyl groups is 1. The van der Waals surface area contributed by atoms with Crippen molar-refractivity contribution in [1.82, 2.24) is 5.32 Å². The van der Waals surface area contributed by atoms with Gasteiger partial charge in [-0.05, 0) is 39.8 Å². The second-order valence-corrected chi connectivity index (χ2v) is 4.13. The van der Waals surface area contributed by atoms with E-state index < -0.39 is 5.97 Å². The van der Waals surface area contributed by atoms with Gasteiger partial charge in [0.05, 0.1) is 6.61 Å². The Hall–Kier alpha value is -1.36. The van der Waals surface area contributed by atoms with Crippen molar-refractivity contribution in [2.24, 2.45) is 5.92 Å². The van der Waals surface area contributed by atoms with Gasteiger partial charge >= 0.3 is 5.97 Å². The lowest BCUT2D eigenvalue weighted by Gasteiger charge is -2.23. The maximum atomic E-state index is 11.7. The second-order valence-electron chi connectivity index (χ2n) is 4.13. The first-order chi connectivity index (χ1) is 8.07. The van der Waals surface area contributed by atoms with Gasteiger partial charge in [0, 0.05) is 11.6 Å². The Morgan fingerprint density at radius 3 is 2.53 bits per heavy atom. The number of allylic oxidation sites excluding steroid dienone is 1. The van der Waals surface area contributed by atoms with Crippen LogP contribution in [-0.2, 0) is 9.53 Å². The van der Waals surface area contributed by atoms with E-state index in [0.717, 1.165) is 25.9 Å². The van der Waals surface area contributed by atoms with E-state index in [-0.39, 0.29) is 29.6 Å². The standard InChI is InChI=1S/C12H20N2O3/c1-3-17-12(16)10(8(2)13)11(15)9-4-6-14-7-5-9/h9,13-15H,3-7H2,1-2H3/b11-10+,13-8?. The van der Waals surface area contributed by atoms with Crippen molar-refractivity contribution in [3.8, 4) is 0 Å². The Labute approximate surface area is 101 Å². The minimum atomic E-state index is -0.601. The van der Waals surface area contributed by atoms with E-state index in [1.165, 1.54) is 6.92 Å². The van der Waals surface area contributed by atoms with Crippen molar-refractivity contribution in [3.63, 3.8) is 0 Å². The lowest BCUT2D eigenvalue weighted by atomic mass is 9.92. The molecular weight excluding hydrogens is 220 g/mol. The van der Waals surface area contributed by atoms with E-state index in [1.807, 2.05) is 0 Å². The Balaban J connectivity index is 2.92. The average Bonchev–Trinajstić information content (AvgIpc) is 2.30. The molecule has 5 nitrogen and oxygen atoms in total. The van der Waals surface area contributed by atoms with Gasteiger partial charge in [0.25, 0.3) is 0 Å². The summed E-state index contributed by atoms with van der Waals surface area (Å²) in [5, 5.41) is 20.9. The van der Waals surface area contributed by atoms with Crippen LogP contribution in [0, 0.1) is 11.3 Å². The molecule has 0 bridgehead atoms. The molecule has 0 aromatic carbocycles. The molecule has 1 aliphatic rings. The summed E-state index contributed by atoms with van der Waals surface area (Å²) in [7, 11) is 0. The minimum absolute atomic E-state index is 0.0115. The van der Waals surface area contributed by atoms with Gasteiger partial charge in [-0.2, -0.15) is 0 Å². The number of piperidine rings is 1. The van der Waals surface area contributed by atoms with Gasteiger partial charge in [0.15, 0.2) is 0 Å². The van der Waals surface area contributed by atoms with Gasteiger partial charge in [-0.1, -0.05) is 0 Å². The highest BCUT2D eigenvalue weighted by atomic mass is 16.5. The Morgan fingerprint density at radius 1 is 1.47 bits per heavy atom. The Kier molecular flexibility index (Phi) is 5.15. The summed E-state index contributed by atoms with van der Waals surface area (Å²) in [6.07, 6.45) is 1.56. The average molecular weight is 240 g/mol. The first-order valence-corrected chi connectivity index (χ1v) is 5.94. The van der Waals surface area contributed by atoms with Crippen molar-refractivity contribution >= 4 is 11.7 Å². The fourth-order valence-electron chi connectivity index (χ4n) is 1.95. The molecule has 1 aliphatic heterocycles. The quantitative estimate of drug-likeness (QED) is 0.300. The normalized spacial score (nSPS) is 18.5. The smallest absolute Gasteiger partial charge is 0.343 e. The summed E-state index contributed by atoms with van der Waals surface area (Å²) >= 11 is 0. The van der Waals surface area contributed by atoms with Gasteiger partial charge in [0.2, 0.25) is 0 Å². The Morgan fingerprint density at radius 2 is 2.06 bits per heavy atom. The van der Waals surface area contributed by atoms with Gasteiger partial charge in [-0.15, -0.1) is 0 Å². The molecular formula is C12H20N2O3. The molecule has 1 rings (SSSR count). The molecule has 17 heavy (non-hydrogen) atoms. The molecule has 3 N–H and O–H groups in total. The summed E-state index contributed by atoms with van der Waals surface area (Å²) in [6, 6.07) is 0. The number of carbonyl (C=O) groups excluding carboxylic acids is 1. The molecule has 0 aromatic rings. The molecule has 1 saturated heterocycles. The van der Waals surface area contributed by atoms with Crippen LogP contribution in [0.5, 0.6) is 0 Å². The first kappa shape index (κ1) is 13.7. The first-order valence-electron chi connectivity index (χ1n) is 5.94. The van der Waals surface area contributed by atoms with E-state index in [1.54, 1.807) is 6.92 Å². The molecule has 0 unspecified atom stereocenters. The van der Waals surface area contributed by atoms with Crippen LogP contribution in [-0.4, -0.2) is 36.5 Å². The summed E-state index contributed by atoms with van der Waals surface area (Å²) in [5.41, 5.74) is 0.0817. The van der Waals surface area contributed by atoms with E-state index in [9.17, 15) is 9.90 Å². The van der Waals surface area contributed by atoms with Crippen LogP contribution in [0.4, 0.5) is 0 Å². The molecule has 0 saturated carbocycles. The van der Waals surface area contributed by atoms with Gasteiger partial charge in [-0.3, -0.25) is 0 Å². The molecule has 1 fully saturated rings. The molecule has 0 aliphatic carbocycles.